The summed E-state index contributed by atoms with van der Waals surface area (Å²) in [7, 11) is -3.28. The molecular formula is C17H20N2O4S. The Labute approximate surface area is 141 Å². The van der Waals surface area contributed by atoms with Crippen molar-refractivity contribution in [3.63, 3.8) is 0 Å². The molecule has 0 heterocycles. The first-order valence-corrected chi connectivity index (χ1v) is 9.23. The van der Waals surface area contributed by atoms with Gasteiger partial charge in [0.2, 0.25) is 10.0 Å². The molecule has 0 unspecified atom stereocenters. The molecule has 0 saturated carbocycles. The van der Waals surface area contributed by atoms with Crippen LogP contribution in [0.15, 0.2) is 48.5 Å². The van der Waals surface area contributed by atoms with E-state index in [0.717, 1.165) is 11.4 Å². The van der Waals surface area contributed by atoms with Gasteiger partial charge in [-0.1, -0.05) is 0 Å². The van der Waals surface area contributed by atoms with E-state index in [1.165, 1.54) is 0 Å². The molecule has 0 aliphatic rings. The van der Waals surface area contributed by atoms with Gasteiger partial charge in [0.15, 0.2) is 0 Å². The van der Waals surface area contributed by atoms with Gasteiger partial charge in [0.1, 0.15) is 0 Å². The first kappa shape index (κ1) is 17.8. The number of hydrogen-bond donors (Lipinski definition) is 2. The Bertz CT molecular complexity index is 784. The number of ether oxygens (including phenoxy) is 1. The van der Waals surface area contributed by atoms with Crippen molar-refractivity contribution in [3.8, 4) is 0 Å². The third-order valence-electron chi connectivity index (χ3n) is 3.22. The summed E-state index contributed by atoms with van der Waals surface area (Å²) in [6.07, 6.45) is 0. The average Bonchev–Trinajstić information content (AvgIpc) is 2.57. The van der Waals surface area contributed by atoms with Gasteiger partial charge >= 0.3 is 5.97 Å². The summed E-state index contributed by atoms with van der Waals surface area (Å²) in [5, 5.41) is 3.18. The summed E-state index contributed by atoms with van der Waals surface area (Å²) in [6.45, 7) is 3.68. The topological polar surface area (TPSA) is 84.5 Å². The van der Waals surface area contributed by atoms with Crippen LogP contribution in [0.1, 0.15) is 24.2 Å². The van der Waals surface area contributed by atoms with Crippen LogP contribution in [0.5, 0.6) is 0 Å². The molecule has 128 valence electrons. The zero-order chi connectivity index (χ0) is 17.6. The van der Waals surface area contributed by atoms with E-state index in [1.807, 2.05) is 0 Å². The summed E-state index contributed by atoms with van der Waals surface area (Å²) < 4.78 is 30.4. The Hall–Kier alpha value is -2.54. The van der Waals surface area contributed by atoms with E-state index in [9.17, 15) is 13.2 Å². The highest BCUT2D eigenvalue weighted by Gasteiger charge is 2.07. The van der Waals surface area contributed by atoms with Crippen molar-refractivity contribution >= 4 is 33.1 Å². The molecule has 2 aromatic carbocycles. The molecule has 0 amide bonds. The molecular weight excluding hydrogens is 328 g/mol. The van der Waals surface area contributed by atoms with Crippen LogP contribution in [-0.4, -0.2) is 26.7 Å². The summed E-state index contributed by atoms with van der Waals surface area (Å²) >= 11 is 0. The fourth-order valence-corrected chi connectivity index (χ4v) is 2.58. The maximum atomic E-state index is 11.6. The number of rotatable bonds is 7. The van der Waals surface area contributed by atoms with Crippen molar-refractivity contribution in [1.82, 2.24) is 0 Å². The zero-order valence-electron chi connectivity index (χ0n) is 13.6. The maximum Gasteiger partial charge on any atom is 0.338 e. The van der Waals surface area contributed by atoms with Crippen LogP contribution < -0.4 is 10.0 Å². The van der Waals surface area contributed by atoms with Gasteiger partial charge in [-0.05, 0) is 62.4 Å². The molecule has 0 aromatic heterocycles. The van der Waals surface area contributed by atoms with Crippen LogP contribution in [0, 0.1) is 0 Å². The van der Waals surface area contributed by atoms with Gasteiger partial charge in [-0.2, -0.15) is 0 Å². The van der Waals surface area contributed by atoms with Gasteiger partial charge in [0.25, 0.3) is 0 Å². The fourth-order valence-electron chi connectivity index (χ4n) is 1.94. The molecule has 0 fully saturated rings. The molecule has 0 aliphatic heterocycles. The molecule has 7 heteroatoms. The largest absolute Gasteiger partial charge is 0.462 e. The van der Waals surface area contributed by atoms with Crippen molar-refractivity contribution in [1.29, 1.82) is 0 Å². The molecule has 24 heavy (non-hydrogen) atoms. The van der Waals surface area contributed by atoms with Crippen LogP contribution in [0.4, 0.5) is 17.1 Å². The van der Waals surface area contributed by atoms with Crippen LogP contribution in [0.2, 0.25) is 0 Å². The number of carbonyl (C=O) groups is 1. The molecule has 2 aromatic rings. The van der Waals surface area contributed by atoms with E-state index in [4.69, 9.17) is 4.74 Å². The minimum Gasteiger partial charge on any atom is -0.462 e. The van der Waals surface area contributed by atoms with E-state index >= 15 is 0 Å². The monoisotopic (exact) mass is 348 g/mol. The third kappa shape index (κ3) is 4.99. The lowest BCUT2D eigenvalue weighted by Crippen LogP contribution is -2.14. The lowest BCUT2D eigenvalue weighted by molar-refractivity contribution is 0.0526. The number of nitrogens with one attached hydrogen (secondary N) is 2. The van der Waals surface area contributed by atoms with E-state index in [0.29, 0.717) is 17.9 Å². The Morgan fingerprint density at radius 2 is 1.42 bits per heavy atom. The first-order valence-electron chi connectivity index (χ1n) is 7.58. The predicted molar refractivity (Wildman–Crippen MR) is 95.2 cm³/mol. The van der Waals surface area contributed by atoms with E-state index < -0.39 is 10.0 Å². The number of hydrogen-bond acceptors (Lipinski definition) is 5. The molecule has 0 bridgehead atoms. The van der Waals surface area contributed by atoms with Gasteiger partial charge < -0.3 is 10.1 Å². The standard InChI is InChI=1S/C17H20N2O4S/c1-3-23-17(20)13-5-7-14(8-6-13)18-15-9-11-16(12-10-15)19-24(21,22)4-2/h5-12,18-19H,3-4H2,1-2H3. The van der Waals surface area contributed by atoms with E-state index in [2.05, 4.69) is 10.0 Å². The second-order valence-corrected chi connectivity index (χ2v) is 7.02. The van der Waals surface area contributed by atoms with Gasteiger partial charge in [0.05, 0.1) is 17.9 Å². The second-order valence-electron chi connectivity index (χ2n) is 5.01. The highest BCUT2D eigenvalue weighted by Crippen LogP contribution is 2.20. The predicted octanol–water partition coefficient (Wildman–Crippen LogP) is 3.37. The molecule has 6 nitrogen and oxygen atoms in total. The summed E-state index contributed by atoms with van der Waals surface area (Å²) in [4.78, 5) is 11.6. The van der Waals surface area contributed by atoms with Crippen LogP contribution in [-0.2, 0) is 14.8 Å². The fraction of sp³-hybridized carbons (Fsp3) is 0.235. The van der Waals surface area contributed by atoms with Crippen LogP contribution >= 0.6 is 0 Å². The quantitative estimate of drug-likeness (QED) is 0.750. The van der Waals surface area contributed by atoms with E-state index in [1.54, 1.807) is 62.4 Å². The molecule has 0 radical (unpaired) electrons. The normalized spacial score (nSPS) is 10.9. The van der Waals surface area contributed by atoms with Crippen LogP contribution in [0.3, 0.4) is 0 Å². The van der Waals surface area contributed by atoms with Crippen molar-refractivity contribution in [2.75, 3.05) is 22.4 Å². The number of anilines is 3. The van der Waals surface area contributed by atoms with Gasteiger partial charge in [-0.25, -0.2) is 13.2 Å². The first-order chi connectivity index (χ1) is 11.4. The molecule has 0 saturated heterocycles. The number of esters is 1. The van der Waals surface area contributed by atoms with Crippen molar-refractivity contribution < 1.29 is 17.9 Å². The zero-order valence-corrected chi connectivity index (χ0v) is 14.4. The number of carbonyl (C=O) groups excluding carboxylic acids is 1. The minimum absolute atomic E-state index is 0.0276. The summed E-state index contributed by atoms with van der Waals surface area (Å²) in [5.41, 5.74) is 2.62. The maximum absolute atomic E-state index is 11.6. The van der Waals surface area contributed by atoms with Crippen molar-refractivity contribution in [2.45, 2.75) is 13.8 Å². The Morgan fingerprint density at radius 3 is 1.92 bits per heavy atom. The third-order valence-corrected chi connectivity index (χ3v) is 4.53. The summed E-state index contributed by atoms with van der Waals surface area (Å²) in [6, 6.07) is 13.8. The average molecular weight is 348 g/mol. The highest BCUT2D eigenvalue weighted by atomic mass is 32.2. The molecule has 2 rings (SSSR count). The van der Waals surface area contributed by atoms with Gasteiger partial charge in [0, 0.05) is 17.1 Å². The molecule has 0 aliphatic carbocycles. The summed E-state index contributed by atoms with van der Waals surface area (Å²) in [5.74, 6) is -0.323. The molecule has 0 spiro atoms. The molecule has 0 atom stereocenters. The highest BCUT2D eigenvalue weighted by molar-refractivity contribution is 7.92. The number of benzene rings is 2. The van der Waals surface area contributed by atoms with Crippen molar-refractivity contribution in [2.24, 2.45) is 0 Å². The Balaban J connectivity index is 2.02. The van der Waals surface area contributed by atoms with Crippen LogP contribution in [0.25, 0.3) is 0 Å². The van der Waals surface area contributed by atoms with Crippen molar-refractivity contribution in [3.05, 3.63) is 54.1 Å². The Morgan fingerprint density at radius 1 is 0.917 bits per heavy atom. The second kappa shape index (κ2) is 7.83. The SMILES string of the molecule is CCOC(=O)c1ccc(Nc2ccc(NS(=O)(=O)CC)cc2)cc1. The lowest BCUT2D eigenvalue weighted by Gasteiger charge is -2.09. The minimum atomic E-state index is -3.28. The number of sulfonamides is 1. The molecule has 2 N–H and O–H groups in total. The lowest BCUT2D eigenvalue weighted by atomic mass is 10.2. The smallest absolute Gasteiger partial charge is 0.338 e. The van der Waals surface area contributed by atoms with Gasteiger partial charge in [-0.3, -0.25) is 4.72 Å². The Kier molecular flexibility index (Phi) is 5.81. The van der Waals surface area contributed by atoms with E-state index in [-0.39, 0.29) is 11.7 Å². The van der Waals surface area contributed by atoms with Gasteiger partial charge in [-0.15, -0.1) is 0 Å².